The van der Waals surface area contributed by atoms with Crippen molar-refractivity contribution in [2.45, 2.75) is 11.8 Å². The summed E-state index contributed by atoms with van der Waals surface area (Å²) in [7, 11) is -3.46. The summed E-state index contributed by atoms with van der Waals surface area (Å²) in [6.45, 7) is 5.17. The lowest BCUT2D eigenvalue weighted by molar-refractivity contribution is 0.599. The lowest BCUT2D eigenvalue weighted by Gasteiger charge is -2.05. The molecule has 1 rings (SSSR count). The Kier molecular flexibility index (Phi) is 3.71. The highest BCUT2D eigenvalue weighted by Crippen LogP contribution is 2.26. The van der Waals surface area contributed by atoms with Gasteiger partial charge < -0.3 is 0 Å². The number of nitrogens with zero attached hydrogens (tertiary/aromatic N) is 3. The highest BCUT2D eigenvalue weighted by Gasteiger charge is 2.16. The standard InChI is InChI=1S/C10H11N3O2S/c1-3-6-16(14,15)10-5-4-8(2)7-9(10)12-13-11/h3-5,7H,1,6H2,2H3. The van der Waals surface area contributed by atoms with E-state index in [0.29, 0.717) is 0 Å². The molecule has 0 atom stereocenters. The van der Waals surface area contributed by atoms with Gasteiger partial charge in [-0.15, -0.1) is 6.58 Å². The number of rotatable bonds is 4. The first kappa shape index (κ1) is 12.3. The normalized spacial score (nSPS) is 10.6. The van der Waals surface area contributed by atoms with Crippen LogP contribution in [-0.2, 0) is 9.84 Å². The number of sulfone groups is 1. The van der Waals surface area contributed by atoms with Gasteiger partial charge in [-0.2, -0.15) is 0 Å². The predicted octanol–water partition coefficient (Wildman–Crippen LogP) is 2.90. The molecule has 1 aromatic rings. The van der Waals surface area contributed by atoms with E-state index in [1.54, 1.807) is 13.0 Å². The van der Waals surface area contributed by atoms with Crippen LogP contribution in [0.5, 0.6) is 0 Å². The van der Waals surface area contributed by atoms with Crippen molar-refractivity contribution in [1.29, 1.82) is 0 Å². The van der Waals surface area contributed by atoms with Crippen LogP contribution < -0.4 is 0 Å². The molecule has 0 saturated carbocycles. The number of aryl methyl sites for hydroxylation is 1. The summed E-state index contributed by atoms with van der Waals surface area (Å²) < 4.78 is 23.6. The zero-order chi connectivity index (χ0) is 12.2. The number of benzene rings is 1. The van der Waals surface area contributed by atoms with Gasteiger partial charge in [0.2, 0.25) is 0 Å². The van der Waals surface area contributed by atoms with Gasteiger partial charge in [-0.1, -0.05) is 22.8 Å². The molecule has 0 amide bonds. The third-order valence-corrected chi connectivity index (χ3v) is 3.63. The predicted molar refractivity (Wildman–Crippen MR) is 62.2 cm³/mol. The van der Waals surface area contributed by atoms with Crippen LogP contribution in [0.3, 0.4) is 0 Å². The summed E-state index contributed by atoms with van der Waals surface area (Å²) in [5.41, 5.74) is 9.34. The van der Waals surface area contributed by atoms with Gasteiger partial charge in [0, 0.05) is 4.91 Å². The molecular formula is C10H11N3O2S. The van der Waals surface area contributed by atoms with E-state index in [2.05, 4.69) is 16.6 Å². The van der Waals surface area contributed by atoms with Crippen LogP contribution in [0.25, 0.3) is 10.4 Å². The highest BCUT2D eigenvalue weighted by atomic mass is 32.2. The molecule has 0 radical (unpaired) electrons. The van der Waals surface area contributed by atoms with E-state index in [1.807, 2.05) is 0 Å². The molecule has 0 aliphatic carbocycles. The first-order chi connectivity index (χ1) is 7.51. The molecule has 5 nitrogen and oxygen atoms in total. The minimum Gasteiger partial charge on any atom is -0.223 e. The molecule has 0 aromatic heterocycles. The van der Waals surface area contributed by atoms with Crippen LogP contribution >= 0.6 is 0 Å². The fourth-order valence-electron chi connectivity index (χ4n) is 1.26. The molecule has 0 saturated heterocycles. The zero-order valence-electron chi connectivity index (χ0n) is 8.79. The Hall–Kier alpha value is -1.78. The fourth-order valence-corrected chi connectivity index (χ4v) is 2.45. The molecule has 0 bridgehead atoms. The second kappa shape index (κ2) is 4.83. The minimum absolute atomic E-state index is 0.0378. The van der Waals surface area contributed by atoms with Crippen molar-refractivity contribution in [2.24, 2.45) is 5.11 Å². The maximum atomic E-state index is 11.8. The SMILES string of the molecule is C=CCS(=O)(=O)c1ccc(C)cc1N=[N+]=[N-]. The average molecular weight is 237 g/mol. The maximum Gasteiger partial charge on any atom is 0.182 e. The van der Waals surface area contributed by atoms with Crippen molar-refractivity contribution >= 4 is 15.5 Å². The van der Waals surface area contributed by atoms with E-state index in [4.69, 9.17) is 5.53 Å². The minimum atomic E-state index is -3.46. The lowest BCUT2D eigenvalue weighted by Crippen LogP contribution is -2.04. The Balaban J connectivity index is 3.44. The molecule has 0 N–H and O–H groups in total. The quantitative estimate of drug-likeness (QED) is 0.349. The monoisotopic (exact) mass is 237 g/mol. The Morgan fingerprint density at radius 1 is 1.56 bits per heavy atom. The van der Waals surface area contributed by atoms with Gasteiger partial charge >= 0.3 is 0 Å². The Bertz CT molecular complexity index is 557. The van der Waals surface area contributed by atoms with Gasteiger partial charge in [0.1, 0.15) is 0 Å². The molecule has 84 valence electrons. The molecule has 0 heterocycles. The van der Waals surface area contributed by atoms with Crippen molar-refractivity contribution < 1.29 is 8.42 Å². The van der Waals surface area contributed by atoms with Crippen molar-refractivity contribution in [3.05, 3.63) is 46.9 Å². The van der Waals surface area contributed by atoms with E-state index in [9.17, 15) is 8.42 Å². The van der Waals surface area contributed by atoms with Crippen LogP contribution in [0.4, 0.5) is 5.69 Å². The summed E-state index contributed by atoms with van der Waals surface area (Å²) in [4.78, 5) is 2.65. The third kappa shape index (κ3) is 2.62. The van der Waals surface area contributed by atoms with Gasteiger partial charge in [-0.25, -0.2) is 8.42 Å². The molecule has 16 heavy (non-hydrogen) atoms. The summed E-state index contributed by atoms with van der Waals surface area (Å²) >= 11 is 0. The smallest absolute Gasteiger partial charge is 0.182 e. The second-order valence-electron chi connectivity index (χ2n) is 3.23. The molecule has 0 spiro atoms. The molecule has 0 aliphatic heterocycles. The van der Waals surface area contributed by atoms with Gasteiger partial charge in [0.25, 0.3) is 0 Å². The Labute approximate surface area is 94.0 Å². The van der Waals surface area contributed by atoms with Gasteiger partial charge in [-0.05, 0) is 24.6 Å². The lowest BCUT2D eigenvalue weighted by atomic mass is 10.2. The second-order valence-corrected chi connectivity index (χ2v) is 5.23. The fraction of sp³-hybridized carbons (Fsp3) is 0.200. The largest absolute Gasteiger partial charge is 0.223 e. The van der Waals surface area contributed by atoms with Crippen molar-refractivity contribution in [3.8, 4) is 0 Å². The molecule has 1 aromatic carbocycles. The zero-order valence-corrected chi connectivity index (χ0v) is 9.61. The maximum absolute atomic E-state index is 11.8. The number of azide groups is 1. The van der Waals surface area contributed by atoms with Crippen molar-refractivity contribution in [2.75, 3.05) is 5.75 Å². The topological polar surface area (TPSA) is 82.9 Å². The van der Waals surface area contributed by atoms with Crippen molar-refractivity contribution in [3.63, 3.8) is 0 Å². The van der Waals surface area contributed by atoms with Gasteiger partial charge in [0.15, 0.2) is 9.84 Å². The molecule has 0 aliphatic rings. The van der Waals surface area contributed by atoms with Crippen LogP contribution in [0.15, 0.2) is 40.9 Å². The molecule has 0 unspecified atom stereocenters. The van der Waals surface area contributed by atoms with E-state index in [0.717, 1.165) is 5.56 Å². The van der Waals surface area contributed by atoms with E-state index in [-0.39, 0.29) is 16.3 Å². The van der Waals surface area contributed by atoms with Gasteiger partial charge in [0.05, 0.1) is 16.3 Å². The summed E-state index contributed by atoms with van der Waals surface area (Å²) in [6.07, 6.45) is 1.30. The molecule has 6 heteroatoms. The summed E-state index contributed by atoms with van der Waals surface area (Å²) in [5, 5.41) is 3.38. The van der Waals surface area contributed by atoms with E-state index in [1.165, 1.54) is 18.2 Å². The van der Waals surface area contributed by atoms with Crippen LogP contribution in [-0.4, -0.2) is 14.2 Å². The van der Waals surface area contributed by atoms with Gasteiger partial charge in [-0.3, -0.25) is 0 Å². The Morgan fingerprint density at radius 2 is 2.25 bits per heavy atom. The highest BCUT2D eigenvalue weighted by molar-refractivity contribution is 7.91. The molecular weight excluding hydrogens is 226 g/mol. The molecule has 0 fully saturated rings. The Morgan fingerprint density at radius 3 is 2.81 bits per heavy atom. The summed E-state index contributed by atoms with van der Waals surface area (Å²) in [6, 6.07) is 4.64. The van der Waals surface area contributed by atoms with E-state index >= 15 is 0 Å². The van der Waals surface area contributed by atoms with Crippen molar-refractivity contribution in [1.82, 2.24) is 0 Å². The first-order valence-electron chi connectivity index (χ1n) is 4.50. The first-order valence-corrected chi connectivity index (χ1v) is 6.16. The number of hydrogen-bond donors (Lipinski definition) is 0. The van der Waals surface area contributed by atoms with Crippen LogP contribution in [0.2, 0.25) is 0 Å². The van der Waals surface area contributed by atoms with Crippen LogP contribution in [0.1, 0.15) is 5.56 Å². The average Bonchev–Trinajstić information content (AvgIpc) is 2.17. The van der Waals surface area contributed by atoms with E-state index < -0.39 is 9.84 Å². The number of hydrogen-bond acceptors (Lipinski definition) is 3. The van der Waals surface area contributed by atoms with Crippen LogP contribution in [0, 0.1) is 6.92 Å². The summed E-state index contributed by atoms with van der Waals surface area (Å²) in [5.74, 6) is -0.177. The third-order valence-electron chi connectivity index (χ3n) is 1.94.